The Hall–Kier alpha value is -2.40. The standard InChI is InChI=1S/C19H22N2O2S/c1-19(2,3)14-6-10-16(11-7-14)23-12-17(22)21-15-8-4-13(5-9-15)18(20)24/h4-11H,12H2,1-3H3,(H2,20,24)(H,21,22). The number of nitrogens with one attached hydrogen (secondary N) is 1. The van der Waals surface area contributed by atoms with E-state index in [-0.39, 0.29) is 17.9 Å². The second-order valence-electron chi connectivity index (χ2n) is 6.55. The van der Waals surface area contributed by atoms with E-state index in [0.717, 1.165) is 5.56 Å². The molecule has 2 rings (SSSR count). The monoisotopic (exact) mass is 342 g/mol. The molecule has 0 unspecified atom stereocenters. The maximum absolute atomic E-state index is 11.9. The van der Waals surface area contributed by atoms with Gasteiger partial charge in [-0.15, -0.1) is 0 Å². The molecule has 2 aromatic rings. The second kappa shape index (κ2) is 7.45. The zero-order valence-corrected chi connectivity index (χ0v) is 14.9. The summed E-state index contributed by atoms with van der Waals surface area (Å²) in [5.41, 5.74) is 8.28. The van der Waals surface area contributed by atoms with Crippen LogP contribution in [0, 0.1) is 0 Å². The van der Waals surface area contributed by atoms with Gasteiger partial charge in [-0.2, -0.15) is 0 Å². The minimum absolute atomic E-state index is 0.0497. The van der Waals surface area contributed by atoms with Gasteiger partial charge in [-0.3, -0.25) is 4.79 Å². The van der Waals surface area contributed by atoms with Gasteiger partial charge >= 0.3 is 0 Å². The van der Waals surface area contributed by atoms with Gasteiger partial charge in [0.05, 0.1) is 0 Å². The molecular weight excluding hydrogens is 320 g/mol. The highest BCUT2D eigenvalue weighted by Crippen LogP contribution is 2.24. The second-order valence-corrected chi connectivity index (χ2v) is 6.99. The number of nitrogens with two attached hydrogens (primary N) is 1. The van der Waals surface area contributed by atoms with Crippen molar-refractivity contribution in [1.82, 2.24) is 0 Å². The van der Waals surface area contributed by atoms with E-state index in [0.29, 0.717) is 16.4 Å². The molecule has 0 fully saturated rings. The van der Waals surface area contributed by atoms with Gasteiger partial charge in [0.25, 0.3) is 5.91 Å². The number of benzene rings is 2. The number of hydrogen-bond acceptors (Lipinski definition) is 3. The lowest BCUT2D eigenvalue weighted by Crippen LogP contribution is -2.20. The lowest BCUT2D eigenvalue weighted by Gasteiger charge is -2.19. The van der Waals surface area contributed by atoms with Gasteiger partial charge in [-0.1, -0.05) is 45.1 Å². The molecule has 5 heteroatoms. The van der Waals surface area contributed by atoms with Gasteiger partial charge < -0.3 is 15.8 Å². The summed E-state index contributed by atoms with van der Waals surface area (Å²) in [5, 5.41) is 2.77. The van der Waals surface area contributed by atoms with Crippen LogP contribution in [-0.4, -0.2) is 17.5 Å². The smallest absolute Gasteiger partial charge is 0.262 e. The van der Waals surface area contributed by atoms with Crippen molar-refractivity contribution in [2.24, 2.45) is 5.73 Å². The van der Waals surface area contributed by atoms with Crippen LogP contribution in [0.25, 0.3) is 0 Å². The van der Waals surface area contributed by atoms with E-state index >= 15 is 0 Å². The van der Waals surface area contributed by atoms with Crippen molar-refractivity contribution in [3.8, 4) is 5.75 Å². The van der Waals surface area contributed by atoms with Crippen molar-refractivity contribution >= 4 is 28.8 Å². The van der Waals surface area contributed by atoms with Gasteiger partial charge in [-0.05, 0) is 47.4 Å². The fourth-order valence-electron chi connectivity index (χ4n) is 2.11. The highest BCUT2D eigenvalue weighted by atomic mass is 32.1. The predicted octanol–water partition coefficient (Wildman–Crippen LogP) is 3.64. The van der Waals surface area contributed by atoms with Gasteiger partial charge in [0.15, 0.2) is 6.61 Å². The van der Waals surface area contributed by atoms with E-state index in [4.69, 9.17) is 22.7 Å². The maximum atomic E-state index is 11.9. The molecule has 0 atom stereocenters. The summed E-state index contributed by atoms with van der Waals surface area (Å²) in [6, 6.07) is 14.8. The number of carbonyl (C=O) groups excluding carboxylic acids is 1. The molecule has 0 aromatic heterocycles. The molecule has 4 nitrogen and oxygen atoms in total. The first-order chi connectivity index (χ1) is 11.3. The van der Waals surface area contributed by atoms with Crippen molar-refractivity contribution < 1.29 is 9.53 Å². The van der Waals surface area contributed by atoms with E-state index in [1.807, 2.05) is 24.3 Å². The summed E-state index contributed by atoms with van der Waals surface area (Å²) >= 11 is 4.89. The highest BCUT2D eigenvalue weighted by molar-refractivity contribution is 7.80. The Kier molecular flexibility index (Phi) is 5.57. The molecule has 0 saturated carbocycles. The molecule has 0 radical (unpaired) electrons. The number of thiocarbonyl (C=S) groups is 1. The zero-order chi connectivity index (χ0) is 17.7. The van der Waals surface area contributed by atoms with E-state index in [9.17, 15) is 4.79 Å². The molecule has 2 aromatic carbocycles. The Labute approximate surface area is 148 Å². The van der Waals surface area contributed by atoms with Crippen molar-refractivity contribution in [3.63, 3.8) is 0 Å². The number of rotatable bonds is 5. The van der Waals surface area contributed by atoms with E-state index in [2.05, 4.69) is 26.1 Å². The number of ether oxygens (including phenoxy) is 1. The Balaban J connectivity index is 1.87. The zero-order valence-electron chi connectivity index (χ0n) is 14.1. The SMILES string of the molecule is CC(C)(C)c1ccc(OCC(=O)Nc2ccc(C(N)=S)cc2)cc1. The minimum atomic E-state index is -0.224. The number of amides is 1. The quantitative estimate of drug-likeness (QED) is 0.814. The summed E-state index contributed by atoms with van der Waals surface area (Å²) in [6.45, 7) is 6.41. The lowest BCUT2D eigenvalue weighted by atomic mass is 9.87. The molecule has 24 heavy (non-hydrogen) atoms. The first kappa shape index (κ1) is 17.9. The van der Waals surface area contributed by atoms with Gasteiger partial charge in [0.1, 0.15) is 10.7 Å². The normalized spacial score (nSPS) is 11.0. The third kappa shape index (κ3) is 5.06. The number of anilines is 1. The summed E-state index contributed by atoms with van der Waals surface area (Å²) in [5.74, 6) is 0.444. The minimum Gasteiger partial charge on any atom is -0.484 e. The summed E-state index contributed by atoms with van der Waals surface area (Å²) in [6.07, 6.45) is 0. The van der Waals surface area contributed by atoms with Crippen LogP contribution >= 0.6 is 12.2 Å². The molecule has 1 amide bonds. The van der Waals surface area contributed by atoms with Crippen LogP contribution in [0.3, 0.4) is 0 Å². The van der Waals surface area contributed by atoms with Crippen LogP contribution in [-0.2, 0) is 10.2 Å². The number of hydrogen-bond donors (Lipinski definition) is 2. The fraction of sp³-hybridized carbons (Fsp3) is 0.263. The van der Waals surface area contributed by atoms with Crippen LogP contribution in [0.5, 0.6) is 5.75 Å². The first-order valence-corrected chi connectivity index (χ1v) is 8.09. The summed E-state index contributed by atoms with van der Waals surface area (Å²) < 4.78 is 5.52. The Morgan fingerprint density at radius 1 is 1.08 bits per heavy atom. The van der Waals surface area contributed by atoms with E-state index < -0.39 is 0 Å². The molecule has 3 N–H and O–H groups in total. The van der Waals surface area contributed by atoms with E-state index in [1.165, 1.54) is 5.56 Å². The first-order valence-electron chi connectivity index (χ1n) is 7.69. The van der Waals surface area contributed by atoms with Crippen LogP contribution in [0.15, 0.2) is 48.5 Å². The third-order valence-electron chi connectivity index (χ3n) is 3.54. The third-order valence-corrected chi connectivity index (χ3v) is 3.78. The average molecular weight is 342 g/mol. The van der Waals surface area contributed by atoms with Crippen molar-refractivity contribution in [1.29, 1.82) is 0 Å². The van der Waals surface area contributed by atoms with Gasteiger partial charge in [0.2, 0.25) is 0 Å². The lowest BCUT2D eigenvalue weighted by molar-refractivity contribution is -0.118. The molecule has 0 spiro atoms. The molecular formula is C19H22N2O2S. The van der Waals surface area contributed by atoms with Crippen molar-refractivity contribution in [2.45, 2.75) is 26.2 Å². The van der Waals surface area contributed by atoms with Gasteiger partial charge in [0, 0.05) is 11.3 Å². The molecule has 0 aliphatic heterocycles. The van der Waals surface area contributed by atoms with Crippen molar-refractivity contribution in [2.75, 3.05) is 11.9 Å². The molecule has 126 valence electrons. The predicted molar refractivity (Wildman–Crippen MR) is 102 cm³/mol. The largest absolute Gasteiger partial charge is 0.484 e. The van der Waals surface area contributed by atoms with Crippen LogP contribution in [0.1, 0.15) is 31.9 Å². The maximum Gasteiger partial charge on any atom is 0.262 e. The molecule has 0 heterocycles. The average Bonchev–Trinajstić information content (AvgIpc) is 2.53. The summed E-state index contributed by atoms with van der Waals surface area (Å²) in [7, 11) is 0. The molecule has 0 saturated heterocycles. The fourth-order valence-corrected chi connectivity index (χ4v) is 2.25. The Morgan fingerprint density at radius 2 is 1.67 bits per heavy atom. The molecule has 0 aliphatic rings. The van der Waals surface area contributed by atoms with Crippen LogP contribution < -0.4 is 15.8 Å². The highest BCUT2D eigenvalue weighted by Gasteiger charge is 2.13. The molecule has 0 bridgehead atoms. The Bertz CT molecular complexity index is 717. The molecule has 0 aliphatic carbocycles. The van der Waals surface area contributed by atoms with Crippen LogP contribution in [0.4, 0.5) is 5.69 Å². The summed E-state index contributed by atoms with van der Waals surface area (Å²) in [4.78, 5) is 12.3. The number of carbonyl (C=O) groups is 1. The van der Waals surface area contributed by atoms with Crippen molar-refractivity contribution in [3.05, 3.63) is 59.7 Å². The van der Waals surface area contributed by atoms with E-state index in [1.54, 1.807) is 24.3 Å². The Morgan fingerprint density at radius 3 is 2.17 bits per heavy atom. The van der Waals surface area contributed by atoms with Crippen LogP contribution in [0.2, 0.25) is 0 Å². The van der Waals surface area contributed by atoms with Gasteiger partial charge in [-0.25, -0.2) is 0 Å². The topological polar surface area (TPSA) is 64.3 Å².